The first-order valence-corrected chi connectivity index (χ1v) is 7.01. The van der Waals surface area contributed by atoms with Crippen LogP contribution in [0.2, 0.25) is 0 Å². The van der Waals surface area contributed by atoms with Crippen LogP contribution in [0.5, 0.6) is 34.5 Å². The van der Waals surface area contributed by atoms with Gasteiger partial charge in [0, 0.05) is 28.2 Å². The SMILES string of the molecule is O=C(I)c1cc(O)c(O)c(OC(=O)c2cc(O)c(O)c(O)c2)c1. The van der Waals surface area contributed by atoms with Crippen molar-refractivity contribution in [1.29, 1.82) is 0 Å². The molecule has 9 heteroatoms. The van der Waals surface area contributed by atoms with Gasteiger partial charge in [0.25, 0.3) is 0 Å². The number of hydrogen-bond donors (Lipinski definition) is 5. The number of phenols is 5. The van der Waals surface area contributed by atoms with Crippen LogP contribution in [0.25, 0.3) is 0 Å². The molecule has 2 aromatic rings. The highest BCUT2D eigenvalue weighted by Crippen LogP contribution is 2.39. The third kappa shape index (κ3) is 3.39. The minimum Gasteiger partial charge on any atom is -0.504 e. The number of carbonyl (C=O) groups excluding carboxylic acids is 2. The van der Waals surface area contributed by atoms with Crippen LogP contribution in [0, 0.1) is 0 Å². The van der Waals surface area contributed by atoms with E-state index in [1.165, 1.54) is 22.6 Å². The molecule has 2 rings (SSSR count). The van der Waals surface area contributed by atoms with Crippen molar-refractivity contribution in [1.82, 2.24) is 0 Å². The normalized spacial score (nSPS) is 10.3. The molecule has 2 aromatic carbocycles. The summed E-state index contributed by atoms with van der Waals surface area (Å²) in [4.78, 5) is 23.3. The Hall–Kier alpha value is -2.69. The van der Waals surface area contributed by atoms with E-state index < -0.39 is 44.3 Å². The van der Waals surface area contributed by atoms with E-state index in [4.69, 9.17) is 4.74 Å². The molecule has 0 aliphatic carbocycles. The molecule has 0 aromatic heterocycles. The molecule has 0 unspecified atom stereocenters. The molecule has 0 spiro atoms. The van der Waals surface area contributed by atoms with Gasteiger partial charge in [0.1, 0.15) is 0 Å². The zero-order valence-corrected chi connectivity index (χ0v) is 13.3. The van der Waals surface area contributed by atoms with E-state index in [1.54, 1.807) is 0 Å². The van der Waals surface area contributed by atoms with E-state index in [9.17, 15) is 35.1 Å². The quantitative estimate of drug-likeness (QED) is 0.163. The molecular formula is C14H9IO8. The topological polar surface area (TPSA) is 145 Å². The largest absolute Gasteiger partial charge is 0.504 e. The molecule has 0 aliphatic rings. The van der Waals surface area contributed by atoms with Crippen molar-refractivity contribution >= 4 is 32.4 Å². The van der Waals surface area contributed by atoms with E-state index in [0.717, 1.165) is 24.3 Å². The Balaban J connectivity index is 2.39. The third-order valence-corrected chi connectivity index (χ3v) is 3.41. The Bertz CT molecular complexity index is 792. The fourth-order valence-electron chi connectivity index (χ4n) is 1.67. The van der Waals surface area contributed by atoms with E-state index >= 15 is 0 Å². The van der Waals surface area contributed by atoms with Crippen molar-refractivity contribution in [2.24, 2.45) is 0 Å². The van der Waals surface area contributed by atoms with Crippen molar-refractivity contribution in [3.05, 3.63) is 35.4 Å². The summed E-state index contributed by atoms with van der Waals surface area (Å²) in [5.74, 6) is -5.32. The van der Waals surface area contributed by atoms with Crippen LogP contribution in [0.15, 0.2) is 24.3 Å². The number of ether oxygens (including phenoxy) is 1. The second-order valence-electron chi connectivity index (χ2n) is 4.37. The molecule has 0 saturated carbocycles. The molecule has 8 nitrogen and oxygen atoms in total. The second-order valence-corrected chi connectivity index (χ2v) is 5.35. The maximum absolute atomic E-state index is 12.0. The first kappa shape index (κ1) is 16.7. The van der Waals surface area contributed by atoms with Gasteiger partial charge < -0.3 is 30.3 Å². The van der Waals surface area contributed by atoms with Crippen LogP contribution in [0.1, 0.15) is 20.7 Å². The molecule has 0 bridgehead atoms. The fourth-order valence-corrected chi connectivity index (χ4v) is 1.98. The third-order valence-electron chi connectivity index (χ3n) is 2.79. The van der Waals surface area contributed by atoms with Crippen LogP contribution in [0.4, 0.5) is 0 Å². The first-order chi connectivity index (χ1) is 10.7. The van der Waals surface area contributed by atoms with Crippen molar-refractivity contribution in [2.75, 3.05) is 0 Å². The summed E-state index contributed by atoms with van der Waals surface area (Å²) in [5.41, 5.74) is -0.344. The molecule has 5 N–H and O–H groups in total. The maximum Gasteiger partial charge on any atom is 0.343 e. The molecule has 23 heavy (non-hydrogen) atoms. The van der Waals surface area contributed by atoms with Gasteiger partial charge in [-0.25, -0.2) is 4.79 Å². The van der Waals surface area contributed by atoms with Gasteiger partial charge in [-0.05, 0) is 24.3 Å². The van der Waals surface area contributed by atoms with Crippen molar-refractivity contribution in [2.45, 2.75) is 0 Å². The smallest absolute Gasteiger partial charge is 0.343 e. The molecular weight excluding hydrogens is 423 g/mol. The highest BCUT2D eigenvalue weighted by Gasteiger charge is 2.19. The summed E-state index contributed by atoms with van der Waals surface area (Å²) in [7, 11) is 0. The summed E-state index contributed by atoms with van der Waals surface area (Å²) in [6.07, 6.45) is 0. The minimum absolute atomic E-state index is 0.0138. The molecule has 0 saturated heterocycles. The zero-order valence-electron chi connectivity index (χ0n) is 11.1. The number of esters is 1. The fraction of sp³-hybridized carbons (Fsp3) is 0. The van der Waals surface area contributed by atoms with Crippen LogP contribution >= 0.6 is 22.6 Å². The van der Waals surface area contributed by atoms with Gasteiger partial charge >= 0.3 is 5.97 Å². The maximum atomic E-state index is 12.0. The van der Waals surface area contributed by atoms with Crippen molar-refractivity contribution in [3.8, 4) is 34.5 Å². The summed E-state index contributed by atoms with van der Waals surface area (Å²) < 4.78 is 4.38. The average molecular weight is 432 g/mol. The van der Waals surface area contributed by atoms with Crippen LogP contribution in [0.3, 0.4) is 0 Å². The molecule has 0 aliphatic heterocycles. The molecule has 0 radical (unpaired) electrons. The highest BCUT2D eigenvalue weighted by atomic mass is 127. The zero-order chi connectivity index (χ0) is 17.3. The van der Waals surface area contributed by atoms with Crippen molar-refractivity contribution < 1.29 is 39.9 Å². The number of benzene rings is 2. The van der Waals surface area contributed by atoms with Gasteiger partial charge in [0.05, 0.1) is 5.56 Å². The summed E-state index contributed by atoms with van der Waals surface area (Å²) in [6, 6.07) is 3.71. The number of rotatable bonds is 3. The summed E-state index contributed by atoms with van der Waals surface area (Å²) in [5, 5.41) is 47.1. The average Bonchev–Trinajstić information content (AvgIpc) is 2.48. The monoisotopic (exact) mass is 432 g/mol. The predicted octanol–water partition coefficient (Wildman–Crippen LogP) is 2.01. The molecule has 0 atom stereocenters. The lowest BCUT2D eigenvalue weighted by Gasteiger charge is -2.10. The molecule has 0 amide bonds. The Morgan fingerprint density at radius 3 is 1.78 bits per heavy atom. The lowest BCUT2D eigenvalue weighted by atomic mass is 10.1. The Morgan fingerprint density at radius 1 is 0.783 bits per heavy atom. The Morgan fingerprint density at radius 2 is 1.26 bits per heavy atom. The van der Waals surface area contributed by atoms with Crippen LogP contribution < -0.4 is 4.74 Å². The minimum atomic E-state index is -1.11. The predicted molar refractivity (Wildman–Crippen MR) is 84.5 cm³/mol. The molecule has 120 valence electrons. The van der Waals surface area contributed by atoms with Gasteiger partial charge in [0.2, 0.25) is 9.54 Å². The summed E-state index contributed by atoms with van der Waals surface area (Å²) in [6.45, 7) is 0. The lowest BCUT2D eigenvalue weighted by Crippen LogP contribution is -2.09. The highest BCUT2D eigenvalue weighted by molar-refractivity contribution is 14.1. The van der Waals surface area contributed by atoms with Gasteiger partial charge in [0.15, 0.2) is 28.7 Å². The first-order valence-electron chi connectivity index (χ1n) is 5.93. The van der Waals surface area contributed by atoms with Crippen LogP contribution in [-0.4, -0.2) is 35.3 Å². The Kier molecular flexibility index (Phi) is 4.50. The molecule has 0 fully saturated rings. The Labute approximate surface area is 142 Å². The van der Waals surface area contributed by atoms with E-state index in [2.05, 4.69) is 0 Å². The van der Waals surface area contributed by atoms with Gasteiger partial charge in [-0.2, -0.15) is 0 Å². The number of halogens is 1. The number of carbonyl (C=O) groups is 2. The lowest BCUT2D eigenvalue weighted by molar-refractivity contribution is 0.0727. The van der Waals surface area contributed by atoms with Gasteiger partial charge in [-0.15, -0.1) is 0 Å². The van der Waals surface area contributed by atoms with Crippen molar-refractivity contribution in [3.63, 3.8) is 0 Å². The van der Waals surface area contributed by atoms with E-state index in [-0.39, 0.29) is 11.1 Å². The van der Waals surface area contributed by atoms with Gasteiger partial charge in [-0.1, -0.05) is 0 Å². The second kappa shape index (κ2) is 6.20. The molecule has 0 heterocycles. The standard InChI is InChI=1S/C14H9IO8/c15-13(21)5-1-9(18)12(20)10(4-5)23-14(22)6-2-7(16)11(19)8(17)3-6/h1-4,16-20H. The number of hydrogen-bond acceptors (Lipinski definition) is 8. The summed E-state index contributed by atoms with van der Waals surface area (Å²) >= 11 is 1.44. The van der Waals surface area contributed by atoms with E-state index in [0.29, 0.717) is 0 Å². The van der Waals surface area contributed by atoms with Gasteiger partial charge in [-0.3, -0.25) is 4.79 Å². The van der Waals surface area contributed by atoms with E-state index in [1.807, 2.05) is 0 Å². The number of aromatic hydroxyl groups is 5. The van der Waals surface area contributed by atoms with Crippen LogP contribution in [-0.2, 0) is 0 Å². The number of phenolic OH excluding ortho intramolecular Hbond substituents is 5.